The highest BCUT2D eigenvalue weighted by Crippen LogP contribution is 2.41. The molecule has 2 heterocycles. The standard InChI is InChI=1S/C21H18F2N4O2S.2C2HF3O2/c1-3-29-19-17(23)9(2)16(12-8-24-27-18(12)19)10-4-5-14-15(6-10)30-21(25-14)26-20(28)11-7-13(11)22;2*3-2(4,5)1(6)7/h4-6,8,11,13H,3,7H2,1-2H3,(H,24,27)(H,25,26,28);2*(H,6,7)/t11-,13+;;/m1../s1. The van der Waals surface area contributed by atoms with Crippen LogP contribution in [0.3, 0.4) is 0 Å². The first-order valence-corrected chi connectivity index (χ1v) is 12.9. The van der Waals surface area contributed by atoms with Crippen molar-refractivity contribution in [3.8, 4) is 16.9 Å². The van der Waals surface area contributed by atoms with Gasteiger partial charge in [-0.2, -0.15) is 31.4 Å². The number of aliphatic carboxylic acids is 2. The number of hydrogen-bond acceptors (Lipinski definition) is 7. The summed E-state index contributed by atoms with van der Waals surface area (Å²) in [5.41, 5.74) is 3.21. The zero-order valence-electron chi connectivity index (χ0n) is 22.2. The number of thiazole rings is 1. The first kappa shape index (κ1) is 33.9. The first-order chi connectivity index (χ1) is 20.4. The van der Waals surface area contributed by atoms with Gasteiger partial charge in [-0.3, -0.25) is 9.89 Å². The summed E-state index contributed by atoms with van der Waals surface area (Å²) >= 11 is 1.30. The molecule has 4 N–H and O–H groups in total. The molecule has 5 rings (SSSR count). The molecule has 0 aliphatic heterocycles. The van der Waals surface area contributed by atoms with E-state index in [4.69, 9.17) is 24.5 Å². The van der Waals surface area contributed by atoms with E-state index in [9.17, 15) is 35.5 Å². The molecule has 4 aromatic rings. The third-order valence-electron chi connectivity index (χ3n) is 5.77. The van der Waals surface area contributed by atoms with Gasteiger partial charge >= 0.3 is 24.3 Å². The third kappa shape index (κ3) is 7.88. The summed E-state index contributed by atoms with van der Waals surface area (Å²) in [6, 6.07) is 5.60. The van der Waals surface area contributed by atoms with Crippen molar-refractivity contribution in [2.24, 2.45) is 5.92 Å². The van der Waals surface area contributed by atoms with Crippen LogP contribution in [0.15, 0.2) is 24.4 Å². The summed E-state index contributed by atoms with van der Waals surface area (Å²) in [6.45, 7) is 3.86. The third-order valence-corrected chi connectivity index (χ3v) is 6.70. The Morgan fingerprint density at radius 2 is 1.68 bits per heavy atom. The lowest BCUT2D eigenvalue weighted by molar-refractivity contribution is -0.193. The molecule has 2 aromatic heterocycles. The molecule has 1 amide bonds. The molecule has 0 spiro atoms. The van der Waals surface area contributed by atoms with Crippen molar-refractivity contribution < 1.29 is 64.5 Å². The number of carboxylic acids is 2. The molecule has 2 aromatic carbocycles. The summed E-state index contributed by atoms with van der Waals surface area (Å²) < 4.78 is 98.0. The Balaban J connectivity index is 0.000000317. The van der Waals surface area contributed by atoms with E-state index in [1.165, 1.54) is 11.3 Å². The van der Waals surface area contributed by atoms with Crippen LogP contribution in [0.5, 0.6) is 5.75 Å². The van der Waals surface area contributed by atoms with Crippen molar-refractivity contribution in [1.29, 1.82) is 0 Å². The predicted molar refractivity (Wildman–Crippen MR) is 140 cm³/mol. The van der Waals surface area contributed by atoms with Crippen LogP contribution in [0, 0.1) is 18.7 Å². The topological polar surface area (TPSA) is 154 Å². The van der Waals surface area contributed by atoms with E-state index < -0.39 is 42.2 Å². The smallest absolute Gasteiger partial charge is 0.489 e. The number of hydrogen-bond donors (Lipinski definition) is 4. The van der Waals surface area contributed by atoms with Gasteiger partial charge < -0.3 is 20.3 Å². The van der Waals surface area contributed by atoms with E-state index in [1.807, 2.05) is 18.2 Å². The van der Waals surface area contributed by atoms with Crippen molar-refractivity contribution in [2.45, 2.75) is 38.8 Å². The SMILES string of the molecule is CCOc1c(F)c(C)c(-c2ccc3nc(NC(=O)[C@@H]4C[C@@H]4F)sc3c2)c2cn[nH]c12.O=C(O)C(F)(F)F.O=C(O)C(F)(F)F. The van der Waals surface area contributed by atoms with E-state index in [-0.39, 0.29) is 18.1 Å². The minimum atomic E-state index is -5.08. The quantitative estimate of drug-likeness (QED) is 0.184. The van der Waals surface area contributed by atoms with Gasteiger partial charge in [-0.25, -0.2) is 23.4 Å². The number of ether oxygens (including phenoxy) is 1. The number of nitrogens with zero attached hydrogens (tertiary/aromatic N) is 2. The number of H-pyrrole nitrogens is 1. The van der Waals surface area contributed by atoms with Gasteiger partial charge in [0.25, 0.3) is 0 Å². The van der Waals surface area contributed by atoms with Gasteiger partial charge in [0.1, 0.15) is 11.7 Å². The Morgan fingerprint density at radius 3 is 2.18 bits per heavy atom. The highest BCUT2D eigenvalue weighted by Gasteiger charge is 2.44. The summed E-state index contributed by atoms with van der Waals surface area (Å²) in [6.07, 6.45) is -9.30. The van der Waals surface area contributed by atoms with E-state index in [0.29, 0.717) is 28.3 Å². The van der Waals surface area contributed by atoms with Gasteiger partial charge in [0, 0.05) is 5.39 Å². The second-order valence-corrected chi connectivity index (χ2v) is 9.92. The fourth-order valence-electron chi connectivity index (χ4n) is 3.66. The zero-order valence-corrected chi connectivity index (χ0v) is 23.0. The number of carboxylic acid groups (broad SMARTS) is 2. The van der Waals surface area contributed by atoms with Gasteiger partial charge in [-0.1, -0.05) is 17.4 Å². The summed E-state index contributed by atoms with van der Waals surface area (Å²) in [4.78, 5) is 34.2. The molecule has 1 aliphatic rings. The molecule has 1 aliphatic carbocycles. The Hall–Kier alpha value is -4.55. The molecule has 2 atom stereocenters. The van der Waals surface area contributed by atoms with Crippen LogP contribution in [0.2, 0.25) is 0 Å². The summed E-state index contributed by atoms with van der Waals surface area (Å²) in [5, 5.41) is 25.0. The second kappa shape index (κ2) is 13.0. The predicted octanol–water partition coefficient (Wildman–Crippen LogP) is 6.25. The molecule has 44 heavy (non-hydrogen) atoms. The number of nitrogens with one attached hydrogen (secondary N) is 2. The Kier molecular flexibility index (Phi) is 10.0. The number of benzene rings is 2. The minimum absolute atomic E-state index is 0.168. The van der Waals surface area contributed by atoms with E-state index in [1.54, 1.807) is 20.0 Å². The molecule has 19 heteroatoms. The van der Waals surface area contributed by atoms with E-state index in [0.717, 1.165) is 21.2 Å². The van der Waals surface area contributed by atoms with Crippen molar-refractivity contribution in [3.05, 3.63) is 35.8 Å². The molecule has 0 radical (unpaired) electrons. The Labute approximate surface area is 244 Å². The fraction of sp³-hybridized carbons (Fsp3) is 0.320. The van der Waals surface area contributed by atoms with Gasteiger partial charge in [-0.05, 0) is 49.1 Å². The average molecular weight is 657 g/mol. The lowest BCUT2D eigenvalue weighted by atomic mass is 9.96. The molecule has 1 saturated carbocycles. The number of halogens is 8. The van der Waals surface area contributed by atoms with Crippen LogP contribution in [0.4, 0.5) is 40.3 Å². The fourth-order valence-corrected chi connectivity index (χ4v) is 4.57. The molecule has 238 valence electrons. The minimum Gasteiger partial charge on any atom is -0.489 e. The largest absolute Gasteiger partial charge is 0.490 e. The first-order valence-electron chi connectivity index (χ1n) is 12.1. The van der Waals surface area contributed by atoms with Gasteiger partial charge in [-0.15, -0.1) is 0 Å². The van der Waals surface area contributed by atoms with Crippen LogP contribution in [0.1, 0.15) is 18.9 Å². The van der Waals surface area contributed by atoms with Crippen molar-refractivity contribution in [3.63, 3.8) is 0 Å². The summed E-state index contributed by atoms with van der Waals surface area (Å²) in [5.74, 6) is -6.68. The monoisotopic (exact) mass is 656 g/mol. The number of fused-ring (bicyclic) bond motifs is 2. The number of rotatable bonds is 5. The molecular weight excluding hydrogens is 636 g/mol. The molecule has 0 unspecified atom stereocenters. The molecular formula is C25H20F8N4O6S. The summed E-state index contributed by atoms with van der Waals surface area (Å²) in [7, 11) is 0. The number of anilines is 1. The number of alkyl halides is 7. The Bertz CT molecular complexity index is 1680. The van der Waals surface area contributed by atoms with Gasteiger partial charge in [0.05, 0.1) is 28.9 Å². The van der Waals surface area contributed by atoms with Gasteiger partial charge in [0.15, 0.2) is 16.7 Å². The lowest BCUT2D eigenvalue weighted by Crippen LogP contribution is -2.21. The number of carbonyl (C=O) groups is 3. The lowest BCUT2D eigenvalue weighted by Gasteiger charge is -2.14. The molecule has 0 saturated heterocycles. The molecule has 0 bridgehead atoms. The van der Waals surface area contributed by atoms with Crippen LogP contribution in [-0.2, 0) is 14.4 Å². The number of aromatic nitrogens is 3. The van der Waals surface area contributed by atoms with Crippen LogP contribution in [-0.4, -0.2) is 68.4 Å². The van der Waals surface area contributed by atoms with Crippen molar-refractivity contribution in [1.82, 2.24) is 15.2 Å². The number of amides is 1. The number of carbonyl (C=O) groups excluding carboxylic acids is 1. The van der Waals surface area contributed by atoms with Crippen molar-refractivity contribution >= 4 is 55.4 Å². The van der Waals surface area contributed by atoms with Crippen molar-refractivity contribution in [2.75, 3.05) is 11.9 Å². The van der Waals surface area contributed by atoms with E-state index in [2.05, 4.69) is 20.5 Å². The number of aromatic amines is 1. The maximum Gasteiger partial charge on any atom is 0.490 e. The van der Waals surface area contributed by atoms with Crippen LogP contribution >= 0.6 is 11.3 Å². The normalized spacial score (nSPS) is 16.0. The second-order valence-electron chi connectivity index (χ2n) is 8.89. The van der Waals surface area contributed by atoms with E-state index >= 15 is 4.39 Å². The maximum absolute atomic E-state index is 15.1. The maximum atomic E-state index is 15.1. The highest BCUT2D eigenvalue weighted by molar-refractivity contribution is 7.22. The average Bonchev–Trinajstić information content (AvgIpc) is 3.28. The zero-order chi connectivity index (χ0) is 33.1. The van der Waals surface area contributed by atoms with Crippen LogP contribution < -0.4 is 10.1 Å². The molecule has 10 nitrogen and oxygen atoms in total. The Morgan fingerprint density at radius 1 is 1.11 bits per heavy atom. The highest BCUT2D eigenvalue weighted by atomic mass is 32.1. The van der Waals surface area contributed by atoms with Crippen LogP contribution in [0.25, 0.3) is 32.2 Å². The molecule has 1 fully saturated rings. The van der Waals surface area contributed by atoms with Gasteiger partial charge in [0.2, 0.25) is 5.91 Å².